The van der Waals surface area contributed by atoms with Crippen molar-refractivity contribution in [1.29, 1.82) is 0 Å². The molecule has 1 heterocycles. The number of aryl methyl sites for hydroxylation is 2. The number of quaternary nitrogens is 1. The lowest BCUT2D eigenvalue weighted by Crippen LogP contribution is -3.19. The fourth-order valence-electron chi connectivity index (χ4n) is 3.00. The van der Waals surface area contributed by atoms with Gasteiger partial charge < -0.3 is 15.0 Å². The first-order valence-corrected chi connectivity index (χ1v) is 8.56. The van der Waals surface area contributed by atoms with Gasteiger partial charge in [-0.3, -0.25) is 9.69 Å². The average Bonchev–Trinajstić information content (AvgIpc) is 2.57. The van der Waals surface area contributed by atoms with E-state index in [0.717, 1.165) is 24.3 Å². The number of rotatable bonds is 4. The summed E-state index contributed by atoms with van der Waals surface area (Å²) in [4.78, 5) is 27.2. The Bertz CT molecular complexity index is 595. The van der Waals surface area contributed by atoms with Gasteiger partial charge in [0.05, 0.1) is 32.8 Å². The molecule has 132 valence electrons. The van der Waals surface area contributed by atoms with Crippen molar-refractivity contribution >= 4 is 17.7 Å². The monoisotopic (exact) mass is 334 g/mol. The lowest BCUT2D eigenvalue weighted by molar-refractivity contribution is -0.917. The zero-order valence-electron chi connectivity index (χ0n) is 15.0. The molecule has 0 aromatic heterocycles. The van der Waals surface area contributed by atoms with Gasteiger partial charge in [0.25, 0.3) is 5.91 Å². The average molecular weight is 334 g/mol. The molecule has 1 aliphatic rings. The van der Waals surface area contributed by atoms with Crippen LogP contribution in [0.2, 0.25) is 0 Å². The zero-order chi connectivity index (χ0) is 17.7. The molecule has 1 aromatic carbocycles. The highest BCUT2D eigenvalue weighted by atomic mass is 16.6. The van der Waals surface area contributed by atoms with Crippen molar-refractivity contribution in [2.24, 2.45) is 0 Å². The Morgan fingerprint density at radius 3 is 2.54 bits per heavy atom. The second-order valence-corrected chi connectivity index (χ2v) is 6.37. The molecule has 6 nitrogen and oxygen atoms in total. The Labute approximate surface area is 143 Å². The largest absolute Gasteiger partial charge is 0.450 e. The van der Waals surface area contributed by atoms with E-state index < -0.39 is 0 Å². The van der Waals surface area contributed by atoms with Gasteiger partial charge in [0, 0.05) is 5.69 Å². The fraction of sp³-hybridized carbons (Fsp3) is 0.556. The number of carbonyl (C=O) groups excluding carboxylic acids is 2. The lowest BCUT2D eigenvalue weighted by atomic mass is 10.1. The minimum atomic E-state index is -0.260. The van der Waals surface area contributed by atoms with E-state index in [-0.39, 0.29) is 18.0 Å². The quantitative estimate of drug-likeness (QED) is 0.863. The molecular weight excluding hydrogens is 306 g/mol. The van der Waals surface area contributed by atoms with Crippen molar-refractivity contribution < 1.29 is 19.2 Å². The number of hydrogen-bond acceptors (Lipinski definition) is 3. The molecule has 2 amide bonds. The molecule has 0 radical (unpaired) electrons. The topological polar surface area (TPSA) is 63.1 Å². The molecule has 2 N–H and O–H groups in total. The van der Waals surface area contributed by atoms with Crippen molar-refractivity contribution in [3.8, 4) is 0 Å². The molecule has 6 heteroatoms. The van der Waals surface area contributed by atoms with Crippen LogP contribution in [0.25, 0.3) is 0 Å². The summed E-state index contributed by atoms with van der Waals surface area (Å²) in [7, 11) is 0. The Morgan fingerprint density at radius 1 is 1.29 bits per heavy atom. The number of carbonyl (C=O) groups is 2. The number of anilines is 1. The van der Waals surface area contributed by atoms with E-state index in [2.05, 4.69) is 11.4 Å². The zero-order valence-corrected chi connectivity index (χ0v) is 15.0. The molecule has 1 atom stereocenters. The molecule has 1 aromatic rings. The standard InChI is InChI=1S/C18H27N3O3/c1-5-24-18(23)21-10-8-20(9-11-21)15(4)17(22)19-16-7-6-13(2)12-14(16)3/h6-7,12,15H,5,8-11H2,1-4H3,(H,19,22)/p+1/t15-/m1/s1. The molecule has 0 bridgehead atoms. The van der Waals surface area contributed by atoms with Crippen LogP contribution in [-0.2, 0) is 9.53 Å². The minimum absolute atomic E-state index is 0.0153. The van der Waals surface area contributed by atoms with E-state index in [4.69, 9.17) is 4.74 Å². The van der Waals surface area contributed by atoms with Crippen LogP contribution in [0.3, 0.4) is 0 Å². The molecule has 2 rings (SSSR count). The molecule has 0 spiro atoms. The van der Waals surface area contributed by atoms with Crippen molar-refractivity contribution in [2.75, 3.05) is 38.1 Å². The molecule has 1 fully saturated rings. The molecule has 24 heavy (non-hydrogen) atoms. The van der Waals surface area contributed by atoms with Gasteiger partial charge in [-0.2, -0.15) is 0 Å². The maximum Gasteiger partial charge on any atom is 0.410 e. The highest BCUT2D eigenvalue weighted by Crippen LogP contribution is 2.16. The maximum absolute atomic E-state index is 12.5. The third-order valence-corrected chi connectivity index (χ3v) is 4.58. The van der Waals surface area contributed by atoms with Crippen LogP contribution >= 0.6 is 0 Å². The molecule has 0 unspecified atom stereocenters. The first-order chi connectivity index (χ1) is 11.4. The van der Waals surface area contributed by atoms with E-state index in [0.29, 0.717) is 19.7 Å². The number of benzene rings is 1. The Kier molecular flexibility index (Phi) is 6.20. The second kappa shape index (κ2) is 8.15. The predicted octanol–water partition coefficient (Wildman–Crippen LogP) is 0.987. The summed E-state index contributed by atoms with van der Waals surface area (Å²) in [5.74, 6) is 0.0153. The predicted molar refractivity (Wildman–Crippen MR) is 93.3 cm³/mol. The molecule has 1 saturated heterocycles. The summed E-state index contributed by atoms with van der Waals surface area (Å²) in [6.45, 7) is 10.9. The molecular formula is C18H28N3O3+. The van der Waals surface area contributed by atoms with Crippen LogP contribution in [0.1, 0.15) is 25.0 Å². The summed E-state index contributed by atoms with van der Waals surface area (Å²) in [5, 5.41) is 3.02. The minimum Gasteiger partial charge on any atom is -0.450 e. The summed E-state index contributed by atoms with van der Waals surface area (Å²) in [6, 6.07) is 5.85. The maximum atomic E-state index is 12.5. The van der Waals surface area contributed by atoms with E-state index >= 15 is 0 Å². The molecule has 1 aliphatic heterocycles. The highest BCUT2D eigenvalue weighted by molar-refractivity contribution is 5.94. The number of ether oxygens (including phenoxy) is 1. The Hall–Kier alpha value is -2.08. The third-order valence-electron chi connectivity index (χ3n) is 4.58. The second-order valence-electron chi connectivity index (χ2n) is 6.37. The van der Waals surface area contributed by atoms with Crippen LogP contribution in [0, 0.1) is 13.8 Å². The third kappa shape index (κ3) is 4.47. The van der Waals surface area contributed by atoms with Gasteiger partial charge in [0.1, 0.15) is 0 Å². The van der Waals surface area contributed by atoms with Crippen molar-refractivity contribution in [3.63, 3.8) is 0 Å². The van der Waals surface area contributed by atoms with E-state index in [1.54, 1.807) is 11.8 Å². The van der Waals surface area contributed by atoms with Gasteiger partial charge in [0.2, 0.25) is 0 Å². The number of amides is 2. The van der Waals surface area contributed by atoms with Crippen LogP contribution in [0.15, 0.2) is 18.2 Å². The van der Waals surface area contributed by atoms with E-state index in [1.165, 1.54) is 10.5 Å². The van der Waals surface area contributed by atoms with Gasteiger partial charge in [-0.1, -0.05) is 17.7 Å². The SMILES string of the molecule is CCOC(=O)N1CC[NH+]([C@H](C)C(=O)Nc2ccc(C)cc2C)CC1. The number of hydrogen-bond donors (Lipinski definition) is 2. The van der Waals surface area contributed by atoms with Crippen LogP contribution in [0.4, 0.5) is 10.5 Å². The number of nitrogens with one attached hydrogen (secondary N) is 2. The van der Waals surface area contributed by atoms with Crippen LogP contribution in [0.5, 0.6) is 0 Å². The van der Waals surface area contributed by atoms with E-state index in [1.807, 2.05) is 32.9 Å². The van der Waals surface area contributed by atoms with Gasteiger partial charge in [-0.15, -0.1) is 0 Å². The van der Waals surface area contributed by atoms with Gasteiger partial charge in [-0.05, 0) is 39.3 Å². The summed E-state index contributed by atoms with van der Waals surface area (Å²) in [6.07, 6.45) is -0.260. The molecule has 0 aliphatic carbocycles. The van der Waals surface area contributed by atoms with Gasteiger partial charge >= 0.3 is 6.09 Å². The van der Waals surface area contributed by atoms with Gasteiger partial charge in [0.15, 0.2) is 6.04 Å². The number of piperazine rings is 1. The summed E-state index contributed by atoms with van der Waals surface area (Å²) < 4.78 is 5.02. The van der Waals surface area contributed by atoms with Crippen LogP contribution in [-0.4, -0.2) is 55.7 Å². The smallest absolute Gasteiger partial charge is 0.410 e. The summed E-state index contributed by atoms with van der Waals surface area (Å²) >= 11 is 0. The van der Waals surface area contributed by atoms with Gasteiger partial charge in [-0.25, -0.2) is 4.79 Å². The first kappa shape index (κ1) is 18.3. The van der Waals surface area contributed by atoms with Crippen molar-refractivity contribution in [1.82, 2.24) is 4.90 Å². The summed E-state index contributed by atoms with van der Waals surface area (Å²) in [5.41, 5.74) is 3.11. The lowest BCUT2D eigenvalue weighted by Gasteiger charge is -2.34. The van der Waals surface area contributed by atoms with E-state index in [9.17, 15) is 9.59 Å². The Balaban J connectivity index is 1.89. The normalized spacial score (nSPS) is 16.6. The van der Waals surface area contributed by atoms with Crippen LogP contribution < -0.4 is 10.2 Å². The van der Waals surface area contributed by atoms with Crippen molar-refractivity contribution in [2.45, 2.75) is 33.7 Å². The highest BCUT2D eigenvalue weighted by Gasteiger charge is 2.31. The number of nitrogens with zero attached hydrogens (tertiary/aromatic N) is 1. The Morgan fingerprint density at radius 2 is 1.96 bits per heavy atom. The first-order valence-electron chi connectivity index (χ1n) is 8.56. The fourth-order valence-corrected chi connectivity index (χ4v) is 3.00. The van der Waals surface area contributed by atoms with Crippen molar-refractivity contribution in [3.05, 3.63) is 29.3 Å². The molecule has 0 saturated carbocycles.